The number of nitrogens with one attached hydrogen (secondary N) is 1. The molecule has 0 bridgehead atoms. The third kappa shape index (κ3) is 4.68. The number of piperidine rings is 1. The normalized spacial score (nSPS) is 16.6. The highest BCUT2D eigenvalue weighted by Crippen LogP contribution is 2.30. The smallest absolute Gasteiger partial charge is 0.289 e. The van der Waals surface area contributed by atoms with E-state index in [0.717, 1.165) is 17.8 Å². The Hall–Kier alpha value is -2.23. The van der Waals surface area contributed by atoms with Gasteiger partial charge in [-0.2, -0.15) is 0 Å². The summed E-state index contributed by atoms with van der Waals surface area (Å²) < 4.78 is 5.90. The van der Waals surface area contributed by atoms with Gasteiger partial charge in [0.2, 0.25) is 5.01 Å². The third-order valence-corrected chi connectivity index (χ3v) is 6.34. The summed E-state index contributed by atoms with van der Waals surface area (Å²) in [5.41, 5.74) is 0.634. The van der Waals surface area contributed by atoms with E-state index in [0.29, 0.717) is 34.2 Å². The summed E-state index contributed by atoms with van der Waals surface area (Å²) in [6.45, 7) is 1.18. The van der Waals surface area contributed by atoms with Crippen molar-refractivity contribution in [3.05, 3.63) is 61.9 Å². The summed E-state index contributed by atoms with van der Waals surface area (Å²) in [6, 6.07) is 10.2. The van der Waals surface area contributed by atoms with Crippen molar-refractivity contribution < 1.29 is 14.0 Å². The highest BCUT2D eigenvalue weighted by Gasteiger charge is 2.29. The van der Waals surface area contributed by atoms with Gasteiger partial charge in [-0.25, -0.2) is 0 Å². The molecule has 1 aromatic carbocycles. The van der Waals surface area contributed by atoms with Gasteiger partial charge in [-0.3, -0.25) is 9.59 Å². The van der Waals surface area contributed by atoms with E-state index in [-0.39, 0.29) is 22.7 Å². The molecule has 29 heavy (non-hydrogen) atoms. The second-order valence-electron chi connectivity index (χ2n) is 6.60. The Morgan fingerprint density at radius 3 is 2.72 bits per heavy atom. The van der Waals surface area contributed by atoms with Crippen LogP contribution < -0.4 is 5.32 Å². The summed E-state index contributed by atoms with van der Waals surface area (Å²) in [5, 5.41) is 12.7. The highest BCUT2D eigenvalue weighted by molar-refractivity contribution is 9.10. The topological polar surface area (TPSA) is 88.3 Å². The van der Waals surface area contributed by atoms with E-state index in [1.54, 1.807) is 41.3 Å². The Bertz CT molecular complexity index is 1040. The zero-order valence-electron chi connectivity index (χ0n) is 15.1. The van der Waals surface area contributed by atoms with Gasteiger partial charge < -0.3 is 14.6 Å². The number of amides is 2. The maximum atomic E-state index is 12.6. The van der Waals surface area contributed by atoms with Crippen molar-refractivity contribution in [1.29, 1.82) is 0 Å². The summed E-state index contributed by atoms with van der Waals surface area (Å²) in [5.74, 6) is -0.121. The molecule has 0 aliphatic carbocycles. The van der Waals surface area contributed by atoms with E-state index < -0.39 is 0 Å². The number of nitrogens with zero attached hydrogens (tertiary/aromatic N) is 3. The minimum absolute atomic E-state index is 0.0423. The van der Waals surface area contributed by atoms with E-state index in [2.05, 4.69) is 31.4 Å². The van der Waals surface area contributed by atoms with Crippen LogP contribution in [-0.2, 0) is 0 Å². The number of furan rings is 1. The third-order valence-electron chi connectivity index (χ3n) is 4.58. The number of benzene rings is 1. The molecule has 2 aromatic heterocycles. The molecule has 3 aromatic rings. The maximum absolute atomic E-state index is 12.6. The number of aromatic nitrogens is 2. The first-order chi connectivity index (χ1) is 14.0. The molecule has 0 radical (unpaired) electrons. The Morgan fingerprint density at radius 2 is 2.00 bits per heavy atom. The summed E-state index contributed by atoms with van der Waals surface area (Å²) in [4.78, 5) is 26.8. The average molecular weight is 496 g/mol. The van der Waals surface area contributed by atoms with Crippen LogP contribution in [0.15, 0.2) is 45.5 Å². The van der Waals surface area contributed by atoms with E-state index in [4.69, 9.17) is 16.0 Å². The monoisotopic (exact) mass is 494 g/mol. The fourth-order valence-corrected chi connectivity index (χ4v) is 4.45. The number of rotatable bonds is 4. The van der Waals surface area contributed by atoms with Gasteiger partial charge in [0.05, 0.1) is 0 Å². The molecule has 4 rings (SSSR count). The summed E-state index contributed by atoms with van der Waals surface area (Å²) >= 11 is 10.3. The molecule has 150 valence electrons. The largest absolute Gasteiger partial charge is 0.444 e. The van der Waals surface area contributed by atoms with Crippen LogP contribution >= 0.6 is 38.9 Å². The lowest BCUT2D eigenvalue weighted by molar-refractivity contribution is 0.0673. The van der Waals surface area contributed by atoms with Crippen molar-refractivity contribution in [2.24, 2.45) is 0 Å². The van der Waals surface area contributed by atoms with Crippen molar-refractivity contribution in [3.63, 3.8) is 0 Å². The molecule has 1 N–H and O–H groups in total. The van der Waals surface area contributed by atoms with Crippen LogP contribution in [-0.4, -0.2) is 40.0 Å². The lowest BCUT2D eigenvalue weighted by atomic mass is 9.98. The van der Waals surface area contributed by atoms with Crippen LogP contribution in [0.4, 0.5) is 5.69 Å². The van der Waals surface area contributed by atoms with Crippen molar-refractivity contribution in [2.75, 3.05) is 18.4 Å². The van der Waals surface area contributed by atoms with Crippen molar-refractivity contribution >= 4 is 56.4 Å². The molecule has 0 spiro atoms. The van der Waals surface area contributed by atoms with Crippen LogP contribution in [0.3, 0.4) is 0 Å². The van der Waals surface area contributed by atoms with E-state index in [1.807, 2.05) is 0 Å². The lowest BCUT2D eigenvalue weighted by Crippen LogP contribution is -2.38. The molecule has 1 aliphatic heterocycles. The molecule has 1 saturated heterocycles. The fourth-order valence-electron chi connectivity index (χ4n) is 3.16. The van der Waals surface area contributed by atoms with Gasteiger partial charge in [0.1, 0.15) is 5.01 Å². The predicted molar refractivity (Wildman–Crippen MR) is 114 cm³/mol. The molecule has 0 saturated carbocycles. The minimum Gasteiger partial charge on any atom is -0.444 e. The zero-order chi connectivity index (χ0) is 20.4. The van der Waals surface area contributed by atoms with Gasteiger partial charge >= 0.3 is 0 Å². The number of hydrogen-bond donors (Lipinski definition) is 1. The molecule has 7 nitrogen and oxygen atoms in total. The van der Waals surface area contributed by atoms with Gasteiger partial charge in [-0.05, 0) is 65.2 Å². The molecule has 10 heteroatoms. The number of likely N-dealkylation sites (tertiary alicyclic amines) is 1. The molecule has 0 unspecified atom stereocenters. The van der Waals surface area contributed by atoms with Gasteiger partial charge in [-0.1, -0.05) is 22.9 Å². The minimum atomic E-state index is -0.319. The molecular weight excluding hydrogens is 480 g/mol. The number of anilines is 1. The molecule has 1 aliphatic rings. The first-order valence-corrected chi connectivity index (χ1v) is 10.9. The molecule has 1 fully saturated rings. The molecule has 1 atom stereocenters. The van der Waals surface area contributed by atoms with E-state index >= 15 is 0 Å². The number of halogens is 2. The molecule has 3 heterocycles. The van der Waals surface area contributed by atoms with Crippen LogP contribution in [0.2, 0.25) is 5.02 Å². The summed E-state index contributed by atoms with van der Waals surface area (Å²) in [7, 11) is 0. The van der Waals surface area contributed by atoms with Crippen LogP contribution in [0.1, 0.15) is 44.1 Å². The van der Waals surface area contributed by atoms with Crippen LogP contribution in [0, 0.1) is 0 Å². The average Bonchev–Trinajstić information content (AvgIpc) is 3.39. The van der Waals surface area contributed by atoms with Gasteiger partial charge in [0.15, 0.2) is 10.4 Å². The quantitative estimate of drug-likeness (QED) is 0.561. The molecular formula is C19H16BrClN4O3S. The number of carbonyl (C=O) groups is 2. The predicted octanol–water partition coefficient (Wildman–Crippen LogP) is 4.82. The number of carbonyl (C=O) groups excluding carboxylic acids is 2. The maximum Gasteiger partial charge on any atom is 0.289 e. The first-order valence-electron chi connectivity index (χ1n) is 8.94. The van der Waals surface area contributed by atoms with Gasteiger partial charge in [-0.15, -0.1) is 10.2 Å². The van der Waals surface area contributed by atoms with Gasteiger partial charge in [0.25, 0.3) is 11.8 Å². The molecule has 2 amide bonds. The second kappa shape index (κ2) is 8.64. The van der Waals surface area contributed by atoms with Crippen LogP contribution in [0.25, 0.3) is 0 Å². The highest BCUT2D eigenvalue weighted by atomic mass is 79.9. The van der Waals surface area contributed by atoms with Crippen LogP contribution in [0.5, 0.6) is 0 Å². The fraction of sp³-hybridized carbons (Fsp3) is 0.263. The Balaban J connectivity index is 1.42. The lowest BCUT2D eigenvalue weighted by Gasteiger charge is -2.30. The van der Waals surface area contributed by atoms with Crippen molar-refractivity contribution in [1.82, 2.24) is 15.1 Å². The summed E-state index contributed by atoms with van der Waals surface area (Å²) in [6.07, 6.45) is 1.74. The van der Waals surface area contributed by atoms with Gasteiger partial charge in [0, 0.05) is 29.7 Å². The van der Waals surface area contributed by atoms with Crippen molar-refractivity contribution in [2.45, 2.75) is 18.8 Å². The Morgan fingerprint density at radius 1 is 1.21 bits per heavy atom. The number of hydrogen-bond acceptors (Lipinski definition) is 6. The standard InChI is InChI=1S/C19H16BrClN4O3S/c20-15-8-7-14(28-15)19(27)25-9-1-2-11(10-25)17-23-24-18(29-17)16(26)22-13-5-3-12(21)4-6-13/h3-8,11H,1-2,9-10H2,(H,22,26)/t11-/m0/s1. The van der Waals surface area contributed by atoms with E-state index in [9.17, 15) is 9.59 Å². The zero-order valence-corrected chi connectivity index (χ0v) is 18.3. The van der Waals surface area contributed by atoms with Crippen molar-refractivity contribution in [3.8, 4) is 0 Å². The Kier molecular flexibility index (Phi) is 5.98. The SMILES string of the molecule is O=C(Nc1ccc(Cl)cc1)c1nnc([C@H]2CCCN(C(=O)c3ccc(Br)o3)C2)s1. The first kappa shape index (κ1) is 20.1. The Labute approximate surface area is 184 Å². The second-order valence-corrected chi connectivity index (χ2v) is 8.83. The van der Waals surface area contributed by atoms with E-state index in [1.165, 1.54) is 11.3 Å².